The molecule has 1 aliphatic heterocycles. The fourth-order valence-electron chi connectivity index (χ4n) is 3.67. The van der Waals surface area contributed by atoms with Crippen molar-refractivity contribution in [2.75, 3.05) is 26.2 Å². The predicted octanol–water partition coefficient (Wildman–Crippen LogP) is 2.87. The van der Waals surface area contributed by atoms with Crippen molar-refractivity contribution >= 4 is 0 Å². The zero-order valence-corrected chi connectivity index (χ0v) is 11.8. The molecule has 2 aliphatic rings. The maximum atomic E-state index is 5.86. The second-order valence-corrected chi connectivity index (χ2v) is 6.97. The maximum Gasteiger partial charge on any atom is 0.00479 e. The van der Waals surface area contributed by atoms with E-state index in [1.807, 2.05) is 0 Å². The van der Waals surface area contributed by atoms with Crippen LogP contribution in [0.25, 0.3) is 0 Å². The lowest BCUT2D eigenvalue weighted by Crippen LogP contribution is -2.32. The fourth-order valence-corrected chi connectivity index (χ4v) is 3.67. The number of likely N-dealkylation sites (tertiary alicyclic amines) is 1. The molecule has 0 radical (unpaired) electrons. The number of nitrogens with two attached hydrogens (primary N) is 1. The molecule has 1 saturated heterocycles. The highest BCUT2D eigenvalue weighted by Gasteiger charge is 2.32. The Labute approximate surface area is 107 Å². The summed E-state index contributed by atoms with van der Waals surface area (Å²) in [5, 5.41) is 0. The van der Waals surface area contributed by atoms with Crippen LogP contribution in [0.1, 0.15) is 52.4 Å². The minimum absolute atomic E-state index is 0.403. The molecule has 17 heavy (non-hydrogen) atoms. The summed E-state index contributed by atoms with van der Waals surface area (Å²) in [5.41, 5.74) is 6.26. The molecule has 2 heteroatoms. The number of rotatable bonds is 4. The van der Waals surface area contributed by atoms with Gasteiger partial charge in [-0.15, -0.1) is 0 Å². The van der Waals surface area contributed by atoms with Crippen molar-refractivity contribution in [3.05, 3.63) is 0 Å². The first-order valence-corrected chi connectivity index (χ1v) is 7.54. The average molecular weight is 238 g/mol. The van der Waals surface area contributed by atoms with E-state index in [9.17, 15) is 0 Å². The molecule has 0 amide bonds. The molecule has 0 aromatic rings. The summed E-state index contributed by atoms with van der Waals surface area (Å²) >= 11 is 0. The predicted molar refractivity (Wildman–Crippen MR) is 74.0 cm³/mol. The molecule has 2 fully saturated rings. The van der Waals surface area contributed by atoms with Gasteiger partial charge in [0.15, 0.2) is 0 Å². The van der Waals surface area contributed by atoms with Crippen LogP contribution in [-0.2, 0) is 0 Å². The second kappa shape index (κ2) is 5.71. The van der Waals surface area contributed by atoms with Gasteiger partial charge in [-0.25, -0.2) is 0 Å². The van der Waals surface area contributed by atoms with Crippen molar-refractivity contribution in [1.82, 2.24) is 4.90 Å². The van der Waals surface area contributed by atoms with Gasteiger partial charge in [0.1, 0.15) is 0 Å². The monoisotopic (exact) mass is 238 g/mol. The van der Waals surface area contributed by atoms with Gasteiger partial charge in [-0.05, 0) is 56.1 Å². The first-order valence-electron chi connectivity index (χ1n) is 7.54. The van der Waals surface area contributed by atoms with Crippen molar-refractivity contribution in [2.24, 2.45) is 23.0 Å². The Balaban J connectivity index is 1.69. The van der Waals surface area contributed by atoms with Crippen LogP contribution in [0.3, 0.4) is 0 Å². The number of hydrogen-bond donors (Lipinski definition) is 1. The van der Waals surface area contributed by atoms with Crippen LogP contribution in [-0.4, -0.2) is 31.1 Å². The summed E-state index contributed by atoms with van der Waals surface area (Å²) < 4.78 is 0. The van der Waals surface area contributed by atoms with Gasteiger partial charge in [0.25, 0.3) is 0 Å². The first kappa shape index (κ1) is 13.4. The van der Waals surface area contributed by atoms with Gasteiger partial charge in [-0.3, -0.25) is 0 Å². The van der Waals surface area contributed by atoms with Crippen LogP contribution < -0.4 is 5.73 Å². The molecule has 1 heterocycles. The van der Waals surface area contributed by atoms with Crippen molar-refractivity contribution in [3.8, 4) is 0 Å². The Hall–Kier alpha value is -0.0800. The highest BCUT2D eigenvalue weighted by molar-refractivity contribution is 4.87. The van der Waals surface area contributed by atoms with E-state index in [0.717, 1.165) is 18.4 Å². The summed E-state index contributed by atoms with van der Waals surface area (Å²) in [4.78, 5) is 2.64. The van der Waals surface area contributed by atoms with Crippen LogP contribution in [0, 0.1) is 17.3 Å². The lowest BCUT2D eigenvalue weighted by Gasteiger charge is -2.29. The van der Waals surface area contributed by atoms with Crippen molar-refractivity contribution in [1.29, 1.82) is 0 Å². The smallest absolute Gasteiger partial charge is 0.00479 e. The van der Waals surface area contributed by atoms with E-state index >= 15 is 0 Å². The number of hydrogen-bond acceptors (Lipinski definition) is 2. The van der Waals surface area contributed by atoms with Gasteiger partial charge in [-0.2, -0.15) is 0 Å². The Morgan fingerprint density at radius 3 is 2.82 bits per heavy atom. The second-order valence-electron chi connectivity index (χ2n) is 6.97. The van der Waals surface area contributed by atoms with Gasteiger partial charge in [0, 0.05) is 6.54 Å². The molecule has 0 bridgehead atoms. The third-order valence-electron chi connectivity index (χ3n) is 5.03. The van der Waals surface area contributed by atoms with Crippen molar-refractivity contribution < 1.29 is 0 Å². The molecular formula is C15H30N2. The Morgan fingerprint density at radius 1 is 1.35 bits per heavy atom. The van der Waals surface area contributed by atoms with E-state index in [2.05, 4.69) is 18.7 Å². The average Bonchev–Trinajstić information content (AvgIpc) is 2.70. The normalized spacial score (nSPS) is 39.7. The Morgan fingerprint density at radius 2 is 2.18 bits per heavy atom. The van der Waals surface area contributed by atoms with Crippen LogP contribution >= 0.6 is 0 Å². The topological polar surface area (TPSA) is 29.3 Å². The van der Waals surface area contributed by atoms with Gasteiger partial charge in [0.05, 0.1) is 0 Å². The minimum Gasteiger partial charge on any atom is -0.330 e. The minimum atomic E-state index is 0.403. The van der Waals surface area contributed by atoms with Crippen molar-refractivity contribution in [3.63, 3.8) is 0 Å². The van der Waals surface area contributed by atoms with Crippen molar-refractivity contribution in [2.45, 2.75) is 52.4 Å². The Bertz CT molecular complexity index is 241. The molecular weight excluding hydrogens is 208 g/mol. The largest absolute Gasteiger partial charge is 0.330 e. The molecule has 0 aromatic carbocycles. The lowest BCUT2D eigenvalue weighted by atomic mass is 9.81. The molecule has 1 saturated carbocycles. The first-order chi connectivity index (χ1) is 8.11. The molecule has 3 atom stereocenters. The highest BCUT2D eigenvalue weighted by atomic mass is 15.2. The quantitative estimate of drug-likeness (QED) is 0.816. The third kappa shape index (κ3) is 3.69. The third-order valence-corrected chi connectivity index (χ3v) is 5.03. The zero-order chi connectivity index (χ0) is 12.3. The molecule has 1 aliphatic carbocycles. The van der Waals surface area contributed by atoms with E-state index in [-0.39, 0.29) is 0 Å². The SMILES string of the molecule is CC1CCCC(CCN2CCC(C)(CN)C2)C1. The van der Waals surface area contributed by atoms with E-state index in [4.69, 9.17) is 5.73 Å². The summed E-state index contributed by atoms with van der Waals surface area (Å²) in [5.74, 6) is 1.98. The van der Waals surface area contributed by atoms with E-state index in [0.29, 0.717) is 5.41 Å². The standard InChI is InChI=1S/C15H30N2/c1-13-4-3-5-14(10-13)6-8-17-9-7-15(2,11-16)12-17/h13-14H,3-12,16H2,1-2H3. The lowest BCUT2D eigenvalue weighted by molar-refractivity contribution is 0.219. The molecule has 2 nitrogen and oxygen atoms in total. The molecule has 100 valence electrons. The van der Waals surface area contributed by atoms with Gasteiger partial charge >= 0.3 is 0 Å². The molecule has 0 aromatic heterocycles. The molecule has 3 unspecified atom stereocenters. The van der Waals surface area contributed by atoms with Crippen LogP contribution in [0.4, 0.5) is 0 Å². The van der Waals surface area contributed by atoms with Gasteiger partial charge in [-0.1, -0.05) is 33.1 Å². The van der Waals surface area contributed by atoms with E-state index in [1.54, 1.807) is 0 Å². The zero-order valence-electron chi connectivity index (χ0n) is 11.8. The van der Waals surface area contributed by atoms with E-state index < -0.39 is 0 Å². The highest BCUT2D eigenvalue weighted by Crippen LogP contribution is 2.33. The molecule has 2 rings (SSSR count). The van der Waals surface area contributed by atoms with Crippen LogP contribution in [0.5, 0.6) is 0 Å². The van der Waals surface area contributed by atoms with Crippen LogP contribution in [0.15, 0.2) is 0 Å². The summed E-state index contributed by atoms with van der Waals surface area (Å²) in [6.45, 7) is 9.43. The van der Waals surface area contributed by atoms with E-state index in [1.165, 1.54) is 58.2 Å². The summed E-state index contributed by atoms with van der Waals surface area (Å²) in [6.07, 6.45) is 8.60. The summed E-state index contributed by atoms with van der Waals surface area (Å²) in [6, 6.07) is 0. The van der Waals surface area contributed by atoms with Gasteiger partial charge in [0.2, 0.25) is 0 Å². The fraction of sp³-hybridized carbons (Fsp3) is 1.00. The number of nitrogens with zero attached hydrogens (tertiary/aromatic N) is 1. The maximum absolute atomic E-state index is 5.86. The summed E-state index contributed by atoms with van der Waals surface area (Å²) in [7, 11) is 0. The molecule has 2 N–H and O–H groups in total. The van der Waals surface area contributed by atoms with Gasteiger partial charge < -0.3 is 10.6 Å². The Kier molecular flexibility index (Phi) is 4.48. The van der Waals surface area contributed by atoms with Crippen LogP contribution in [0.2, 0.25) is 0 Å². The molecule has 0 spiro atoms.